The van der Waals surface area contributed by atoms with Crippen LogP contribution in [0.2, 0.25) is 0 Å². The number of aldehydes is 1. The minimum absolute atomic E-state index is 0.154. The van der Waals surface area contributed by atoms with Crippen molar-refractivity contribution in [2.75, 3.05) is 0 Å². The molecule has 1 aromatic carbocycles. The Morgan fingerprint density at radius 1 is 1.43 bits per heavy atom. The minimum Gasteiger partial charge on any atom is -0.508 e. The number of phenols is 1. The van der Waals surface area contributed by atoms with Gasteiger partial charge in [0.15, 0.2) is 0 Å². The molecule has 1 N–H and O–H groups in total. The quantitative estimate of drug-likeness (QED) is 0.703. The Hall–Kier alpha value is -1.97. The largest absolute Gasteiger partial charge is 0.508 e. The monoisotopic (exact) mass is 188 g/mol. The van der Waals surface area contributed by atoms with E-state index in [1.54, 1.807) is 24.3 Å². The summed E-state index contributed by atoms with van der Waals surface area (Å²) < 4.78 is 0. The molecule has 0 fully saturated rings. The highest BCUT2D eigenvalue weighted by molar-refractivity contribution is 6.19. The smallest absolute Gasteiger partial charge is 0.134 e. The van der Waals surface area contributed by atoms with Crippen LogP contribution in [0.4, 0.5) is 0 Å². The van der Waals surface area contributed by atoms with E-state index in [1.807, 2.05) is 0 Å². The highest BCUT2D eigenvalue weighted by Crippen LogP contribution is 2.17. The first-order valence-electron chi connectivity index (χ1n) is 4.17. The predicted molar refractivity (Wildman–Crippen MR) is 52.7 cm³/mol. The maximum absolute atomic E-state index is 10.6. The van der Waals surface area contributed by atoms with Gasteiger partial charge >= 0.3 is 0 Å². The van der Waals surface area contributed by atoms with E-state index in [2.05, 4.69) is 10.2 Å². The second kappa shape index (κ2) is 3.41. The Morgan fingerprint density at radius 2 is 2.29 bits per heavy atom. The Bertz CT molecular complexity index is 424. The van der Waals surface area contributed by atoms with Gasteiger partial charge < -0.3 is 9.90 Å². The maximum Gasteiger partial charge on any atom is 0.134 e. The molecule has 0 saturated heterocycles. The van der Waals surface area contributed by atoms with Crippen molar-refractivity contribution >= 4 is 18.2 Å². The third-order valence-electron chi connectivity index (χ3n) is 2.00. The molecule has 1 atom stereocenters. The van der Waals surface area contributed by atoms with Crippen molar-refractivity contribution < 1.29 is 9.90 Å². The lowest BCUT2D eigenvalue weighted by Gasteiger charge is -2.03. The highest BCUT2D eigenvalue weighted by atomic mass is 16.3. The zero-order valence-electron chi connectivity index (χ0n) is 7.29. The van der Waals surface area contributed by atoms with Crippen LogP contribution in [-0.2, 0) is 4.79 Å². The summed E-state index contributed by atoms with van der Waals surface area (Å²) in [4.78, 5) is 10.6. The molecular formula is C10H8N2O2. The fourth-order valence-corrected chi connectivity index (χ4v) is 1.32. The van der Waals surface area contributed by atoms with Crippen molar-refractivity contribution in [3.63, 3.8) is 0 Å². The standard InChI is InChI=1S/C10H8N2O2/c13-6-8-5-11-12-10(8)7-2-1-3-9(14)4-7/h1-6,8,14H/t8-/m1/s1. The highest BCUT2D eigenvalue weighted by Gasteiger charge is 2.19. The summed E-state index contributed by atoms with van der Waals surface area (Å²) in [7, 11) is 0. The van der Waals surface area contributed by atoms with E-state index in [0.29, 0.717) is 5.71 Å². The summed E-state index contributed by atoms with van der Waals surface area (Å²) in [5.74, 6) is -0.237. The van der Waals surface area contributed by atoms with E-state index in [4.69, 9.17) is 0 Å². The molecule has 0 radical (unpaired) electrons. The fourth-order valence-electron chi connectivity index (χ4n) is 1.32. The number of hydrogen-bond donors (Lipinski definition) is 1. The van der Waals surface area contributed by atoms with Crippen LogP contribution in [0.1, 0.15) is 5.56 Å². The second-order valence-corrected chi connectivity index (χ2v) is 2.96. The lowest BCUT2D eigenvalue weighted by molar-refractivity contribution is -0.108. The van der Waals surface area contributed by atoms with Crippen LogP contribution in [0, 0.1) is 5.92 Å². The fraction of sp³-hybridized carbons (Fsp3) is 0.100. The lowest BCUT2D eigenvalue weighted by atomic mass is 9.99. The summed E-state index contributed by atoms with van der Waals surface area (Å²) in [6, 6.07) is 6.61. The first-order valence-corrected chi connectivity index (χ1v) is 4.17. The number of benzene rings is 1. The van der Waals surface area contributed by atoms with Crippen LogP contribution in [-0.4, -0.2) is 23.3 Å². The Kier molecular flexibility index (Phi) is 2.10. The summed E-state index contributed by atoms with van der Waals surface area (Å²) in [6.45, 7) is 0. The second-order valence-electron chi connectivity index (χ2n) is 2.96. The van der Waals surface area contributed by atoms with Gasteiger partial charge in [-0.1, -0.05) is 12.1 Å². The van der Waals surface area contributed by atoms with E-state index < -0.39 is 5.92 Å². The SMILES string of the molecule is O=C[C@H]1C=NN=C1c1cccc(O)c1. The van der Waals surface area contributed by atoms with Crippen molar-refractivity contribution in [2.45, 2.75) is 0 Å². The minimum atomic E-state index is -0.392. The molecule has 70 valence electrons. The zero-order chi connectivity index (χ0) is 9.97. The summed E-state index contributed by atoms with van der Waals surface area (Å²) >= 11 is 0. The van der Waals surface area contributed by atoms with E-state index >= 15 is 0 Å². The van der Waals surface area contributed by atoms with Crippen molar-refractivity contribution in [3.05, 3.63) is 29.8 Å². The van der Waals surface area contributed by atoms with Gasteiger partial charge in [-0.05, 0) is 12.1 Å². The number of carbonyl (C=O) groups is 1. The van der Waals surface area contributed by atoms with Gasteiger partial charge in [-0.2, -0.15) is 10.2 Å². The molecule has 0 unspecified atom stereocenters. The molecule has 0 amide bonds. The molecule has 4 nitrogen and oxygen atoms in total. The van der Waals surface area contributed by atoms with Crippen LogP contribution in [0.5, 0.6) is 5.75 Å². The summed E-state index contributed by atoms with van der Waals surface area (Å²) in [6.07, 6.45) is 2.26. The lowest BCUT2D eigenvalue weighted by Crippen LogP contribution is -2.14. The van der Waals surface area contributed by atoms with Crippen molar-refractivity contribution in [2.24, 2.45) is 16.1 Å². The van der Waals surface area contributed by atoms with E-state index in [0.717, 1.165) is 11.8 Å². The first-order chi connectivity index (χ1) is 6.81. The zero-order valence-corrected chi connectivity index (χ0v) is 7.29. The third-order valence-corrected chi connectivity index (χ3v) is 2.00. The number of phenolic OH excluding ortho intramolecular Hbond substituents is 1. The third kappa shape index (κ3) is 1.42. The number of aromatic hydroxyl groups is 1. The molecule has 0 bridgehead atoms. The van der Waals surface area contributed by atoms with E-state index in [1.165, 1.54) is 6.21 Å². The van der Waals surface area contributed by atoms with Gasteiger partial charge in [0, 0.05) is 11.8 Å². The number of rotatable bonds is 2. The molecule has 0 aliphatic carbocycles. The van der Waals surface area contributed by atoms with Gasteiger partial charge in [-0.3, -0.25) is 0 Å². The van der Waals surface area contributed by atoms with Crippen LogP contribution in [0.15, 0.2) is 34.5 Å². The maximum atomic E-state index is 10.6. The van der Waals surface area contributed by atoms with Gasteiger partial charge in [-0.25, -0.2) is 0 Å². The molecule has 1 aliphatic heterocycles. The summed E-state index contributed by atoms with van der Waals surface area (Å²) in [5, 5.41) is 16.8. The van der Waals surface area contributed by atoms with Gasteiger partial charge in [0.1, 0.15) is 12.0 Å². The molecular weight excluding hydrogens is 180 g/mol. The normalized spacial score (nSPS) is 19.4. The molecule has 1 aromatic rings. The first kappa shape index (κ1) is 8.62. The predicted octanol–water partition coefficient (Wildman–Crippen LogP) is 0.996. The Labute approximate surface area is 80.6 Å². The topological polar surface area (TPSA) is 62.0 Å². The van der Waals surface area contributed by atoms with E-state index in [-0.39, 0.29) is 5.75 Å². The van der Waals surface area contributed by atoms with Gasteiger partial charge in [0.05, 0.1) is 11.6 Å². The van der Waals surface area contributed by atoms with Crippen LogP contribution in [0.3, 0.4) is 0 Å². The van der Waals surface area contributed by atoms with Crippen LogP contribution < -0.4 is 0 Å². The number of carbonyl (C=O) groups excluding carboxylic acids is 1. The summed E-state index contributed by atoms with van der Waals surface area (Å²) in [5.41, 5.74) is 1.30. The number of hydrogen-bond acceptors (Lipinski definition) is 4. The average molecular weight is 188 g/mol. The molecule has 1 heterocycles. The molecule has 0 saturated carbocycles. The number of nitrogens with zero attached hydrogens (tertiary/aromatic N) is 2. The van der Waals surface area contributed by atoms with Crippen LogP contribution >= 0.6 is 0 Å². The molecule has 14 heavy (non-hydrogen) atoms. The average Bonchev–Trinajstić information content (AvgIpc) is 2.65. The Balaban J connectivity index is 2.37. The van der Waals surface area contributed by atoms with E-state index in [9.17, 15) is 9.90 Å². The Morgan fingerprint density at radius 3 is 3.00 bits per heavy atom. The molecule has 0 spiro atoms. The van der Waals surface area contributed by atoms with Crippen molar-refractivity contribution in [3.8, 4) is 5.75 Å². The molecule has 2 rings (SSSR count). The van der Waals surface area contributed by atoms with Crippen molar-refractivity contribution in [1.82, 2.24) is 0 Å². The molecule has 1 aliphatic rings. The van der Waals surface area contributed by atoms with Gasteiger partial charge in [0.2, 0.25) is 0 Å². The molecule has 4 heteroatoms. The van der Waals surface area contributed by atoms with Crippen LogP contribution in [0.25, 0.3) is 0 Å². The van der Waals surface area contributed by atoms with Gasteiger partial charge in [-0.15, -0.1) is 0 Å². The van der Waals surface area contributed by atoms with Crippen molar-refractivity contribution in [1.29, 1.82) is 0 Å². The molecule has 0 aromatic heterocycles. The van der Waals surface area contributed by atoms with Gasteiger partial charge in [0.25, 0.3) is 0 Å².